The molecule has 0 aromatic heterocycles. The lowest BCUT2D eigenvalue weighted by Gasteiger charge is -2.38. The van der Waals surface area contributed by atoms with Crippen LogP contribution in [0.2, 0.25) is 0 Å². The van der Waals surface area contributed by atoms with E-state index in [1.54, 1.807) is 24.3 Å². The number of carbonyl (C=O) groups is 1. The van der Waals surface area contributed by atoms with Gasteiger partial charge in [0.1, 0.15) is 11.3 Å². The van der Waals surface area contributed by atoms with Crippen LogP contribution in [0.1, 0.15) is 32.6 Å². The highest BCUT2D eigenvalue weighted by atomic mass is 16.6. The molecule has 6 heteroatoms. The third-order valence-electron chi connectivity index (χ3n) is 4.02. The molecule has 4 N–H and O–H groups in total. The molecule has 1 aliphatic rings. The third kappa shape index (κ3) is 3.65. The van der Waals surface area contributed by atoms with Crippen LogP contribution < -0.4 is 15.8 Å². The monoisotopic (exact) mass is 291 g/mol. The highest BCUT2D eigenvalue weighted by Gasteiger charge is 2.40. The van der Waals surface area contributed by atoms with Gasteiger partial charge in [-0.3, -0.25) is 0 Å². The van der Waals surface area contributed by atoms with Gasteiger partial charge >= 0.3 is 6.09 Å². The fourth-order valence-corrected chi connectivity index (χ4v) is 2.61. The van der Waals surface area contributed by atoms with Crippen molar-refractivity contribution in [3.63, 3.8) is 0 Å². The molecule has 1 aliphatic carbocycles. The van der Waals surface area contributed by atoms with E-state index < -0.39 is 11.6 Å². The van der Waals surface area contributed by atoms with Crippen molar-refractivity contribution in [1.82, 2.24) is 5.32 Å². The molecule has 0 unspecified atom stereocenters. The average molecular weight is 291 g/mol. The van der Waals surface area contributed by atoms with Crippen LogP contribution in [-0.4, -0.2) is 22.7 Å². The van der Waals surface area contributed by atoms with E-state index in [9.17, 15) is 4.79 Å². The van der Waals surface area contributed by atoms with Gasteiger partial charge in [-0.2, -0.15) is 0 Å². The van der Waals surface area contributed by atoms with Gasteiger partial charge in [-0.05, 0) is 43.7 Å². The normalized spacial score (nSPS) is 26.1. The van der Waals surface area contributed by atoms with Crippen LogP contribution in [0.3, 0.4) is 0 Å². The number of amidine groups is 1. The van der Waals surface area contributed by atoms with Crippen LogP contribution in [0.15, 0.2) is 35.5 Å². The number of benzene rings is 1. The van der Waals surface area contributed by atoms with Crippen molar-refractivity contribution in [1.29, 1.82) is 0 Å². The summed E-state index contributed by atoms with van der Waals surface area (Å²) >= 11 is 0. The summed E-state index contributed by atoms with van der Waals surface area (Å²) in [6.45, 7) is 2.15. The first-order chi connectivity index (χ1) is 10.1. The van der Waals surface area contributed by atoms with E-state index in [1.807, 2.05) is 6.07 Å². The first-order valence-corrected chi connectivity index (χ1v) is 7.09. The molecule has 114 valence electrons. The van der Waals surface area contributed by atoms with Gasteiger partial charge in [-0.25, -0.2) is 4.79 Å². The summed E-state index contributed by atoms with van der Waals surface area (Å²) in [4.78, 5) is 12.1. The zero-order chi connectivity index (χ0) is 15.3. The molecule has 1 saturated carbocycles. The smallest absolute Gasteiger partial charge is 0.410 e. The number of carbonyl (C=O) groups excluding carboxylic acids is 1. The molecule has 2 rings (SSSR count). The van der Waals surface area contributed by atoms with E-state index in [2.05, 4.69) is 17.4 Å². The maximum atomic E-state index is 12.1. The molecule has 0 atom stereocenters. The van der Waals surface area contributed by atoms with Gasteiger partial charge < -0.3 is 21.0 Å². The quantitative estimate of drug-likeness (QED) is 0.345. The minimum absolute atomic E-state index is 0.0272. The van der Waals surface area contributed by atoms with E-state index in [-0.39, 0.29) is 5.84 Å². The molecule has 0 heterocycles. The second kappa shape index (κ2) is 6.47. The van der Waals surface area contributed by atoms with Crippen molar-refractivity contribution in [3.8, 4) is 5.75 Å². The van der Waals surface area contributed by atoms with Crippen LogP contribution >= 0.6 is 0 Å². The predicted molar refractivity (Wildman–Crippen MR) is 79.4 cm³/mol. The second-order valence-electron chi connectivity index (χ2n) is 5.58. The zero-order valence-electron chi connectivity index (χ0n) is 12.1. The Balaban J connectivity index is 2.07. The Bertz CT molecular complexity index is 508. The Morgan fingerprint density at radius 2 is 2.00 bits per heavy atom. The molecule has 0 bridgehead atoms. The summed E-state index contributed by atoms with van der Waals surface area (Å²) < 4.78 is 5.22. The lowest BCUT2D eigenvalue weighted by molar-refractivity contribution is 0.177. The molecule has 21 heavy (non-hydrogen) atoms. The molecule has 1 aromatic carbocycles. The van der Waals surface area contributed by atoms with Gasteiger partial charge in [0.15, 0.2) is 5.84 Å². The first kappa shape index (κ1) is 15.2. The second-order valence-corrected chi connectivity index (χ2v) is 5.58. The maximum Gasteiger partial charge on any atom is 0.413 e. The van der Waals surface area contributed by atoms with Gasteiger partial charge in [0.2, 0.25) is 0 Å². The summed E-state index contributed by atoms with van der Waals surface area (Å²) in [5.74, 6) is 1.05. The van der Waals surface area contributed by atoms with Crippen molar-refractivity contribution in [2.75, 3.05) is 0 Å². The number of nitrogens with two attached hydrogens (primary N) is 1. The number of hydrogen-bond acceptors (Lipinski definition) is 4. The van der Waals surface area contributed by atoms with Gasteiger partial charge in [0.05, 0.1) is 0 Å². The van der Waals surface area contributed by atoms with E-state index in [0.29, 0.717) is 24.5 Å². The molecular formula is C15H21N3O3. The largest absolute Gasteiger partial charge is 0.413 e. The minimum Gasteiger partial charge on any atom is -0.410 e. The Hall–Kier alpha value is -2.24. The van der Waals surface area contributed by atoms with Crippen molar-refractivity contribution in [3.05, 3.63) is 30.3 Å². The molecular weight excluding hydrogens is 270 g/mol. The molecule has 0 spiro atoms. The molecule has 1 amide bonds. The molecule has 0 aliphatic heterocycles. The van der Waals surface area contributed by atoms with Crippen LogP contribution in [0.5, 0.6) is 5.75 Å². The number of para-hydroxylation sites is 1. The van der Waals surface area contributed by atoms with Crippen LogP contribution in [0, 0.1) is 5.92 Å². The fraction of sp³-hybridized carbons (Fsp3) is 0.467. The first-order valence-electron chi connectivity index (χ1n) is 7.09. The predicted octanol–water partition coefficient (Wildman–Crippen LogP) is 2.47. The van der Waals surface area contributed by atoms with Gasteiger partial charge in [0, 0.05) is 0 Å². The summed E-state index contributed by atoms with van der Waals surface area (Å²) in [6.07, 6.45) is 2.48. The van der Waals surface area contributed by atoms with Crippen molar-refractivity contribution >= 4 is 11.9 Å². The molecule has 6 nitrogen and oxygen atoms in total. The standard InChI is InChI=1S/C15H21N3O3/c1-11-7-9-15(10-8-11,13(16)18-20)17-14(19)21-12-5-3-2-4-6-12/h2-6,11,20H,7-10H2,1H3,(H2,16,18)(H,17,19). The Kier molecular flexibility index (Phi) is 4.67. The minimum atomic E-state index is -0.826. The number of rotatable bonds is 3. The number of nitrogens with zero attached hydrogens (tertiary/aromatic N) is 1. The number of oxime groups is 1. The van der Waals surface area contributed by atoms with E-state index >= 15 is 0 Å². The highest BCUT2D eigenvalue weighted by molar-refractivity contribution is 5.93. The Labute approximate surface area is 124 Å². The zero-order valence-corrected chi connectivity index (χ0v) is 12.1. The van der Waals surface area contributed by atoms with Crippen molar-refractivity contribution in [2.45, 2.75) is 38.1 Å². The Morgan fingerprint density at radius 3 is 2.57 bits per heavy atom. The number of nitrogens with one attached hydrogen (secondary N) is 1. The molecule has 1 aromatic rings. The topological polar surface area (TPSA) is 96.9 Å². The summed E-state index contributed by atoms with van der Waals surface area (Å²) in [6, 6.07) is 8.79. The van der Waals surface area contributed by atoms with E-state index in [1.165, 1.54) is 0 Å². The maximum absolute atomic E-state index is 12.1. The summed E-state index contributed by atoms with van der Waals surface area (Å²) in [5.41, 5.74) is 4.97. The lowest BCUT2D eigenvalue weighted by atomic mass is 9.76. The highest BCUT2D eigenvalue weighted by Crippen LogP contribution is 2.32. The van der Waals surface area contributed by atoms with Gasteiger partial charge in [-0.15, -0.1) is 0 Å². The number of amides is 1. The van der Waals surface area contributed by atoms with Crippen LogP contribution in [0.25, 0.3) is 0 Å². The SMILES string of the molecule is CC1CCC(NC(=O)Oc2ccccc2)(/C(N)=N/O)CC1. The van der Waals surface area contributed by atoms with E-state index in [0.717, 1.165) is 12.8 Å². The number of hydrogen-bond donors (Lipinski definition) is 3. The van der Waals surface area contributed by atoms with Crippen molar-refractivity contribution in [2.24, 2.45) is 16.8 Å². The van der Waals surface area contributed by atoms with Crippen LogP contribution in [-0.2, 0) is 0 Å². The molecule has 1 fully saturated rings. The summed E-state index contributed by atoms with van der Waals surface area (Å²) in [7, 11) is 0. The molecule has 0 saturated heterocycles. The summed E-state index contributed by atoms with van der Waals surface area (Å²) in [5, 5.41) is 14.9. The van der Waals surface area contributed by atoms with Gasteiger partial charge in [-0.1, -0.05) is 30.3 Å². The van der Waals surface area contributed by atoms with Crippen molar-refractivity contribution < 1.29 is 14.7 Å². The Morgan fingerprint density at radius 1 is 1.38 bits per heavy atom. The fourth-order valence-electron chi connectivity index (χ4n) is 2.61. The lowest BCUT2D eigenvalue weighted by Crippen LogP contribution is -2.59. The third-order valence-corrected chi connectivity index (χ3v) is 4.02. The van der Waals surface area contributed by atoms with Crippen LogP contribution in [0.4, 0.5) is 4.79 Å². The van der Waals surface area contributed by atoms with Gasteiger partial charge in [0.25, 0.3) is 0 Å². The molecule has 0 radical (unpaired) electrons. The number of ether oxygens (including phenoxy) is 1. The average Bonchev–Trinajstić information content (AvgIpc) is 2.50. The van der Waals surface area contributed by atoms with E-state index in [4.69, 9.17) is 15.7 Å².